The molecule has 1 amide bonds. The van der Waals surface area contributed by atoms with Crippen molar-refractivity contribution in [2.24, 2.45) is 5.92 Å². The molecule has 3 aromatic carbocycles. The van der Waals surface area contributed by atoms with Crippen LogP contribution in [0.3, 0.4) is 0 Å². The van der Waals surface area contributed by atoms with Crippen molar-refractivity contribution in [3.05, 3.63) is 89.4 Å². The minimum Gasteiger partial charge on any atom is -0.454 e. The lowest BCUT2D eigenvalue weighted by atomic mass is 9.96. The average Bonchev–Trinajstić information content (AvgIpc) is 3.38. The number of methoxy groups -OCH3 is 1. The van der Waals surface area contributed by atoms with Gasteiger partial charge in [0.1, 0.15) is 5.75 Å². The number of carbonyl (C=O) groups is 2. The Morgan fingerprint density at radius 2 is 1.77 bits per heavy atom. The lowest BCUT2D eigenvalue weighted by Gasteiger charge is -2.32. The molecular formula is C32H34FN3O4. The van der Waals surface area contributed by atoms with Gasteiger partial charge < -0.3 is 14.4 Å². The van der Waals surface area contributed by atoms with Gasteiger partial charge in [0.25, 0.3) is 5.91 Å². The number of hydrogen-bond donors (Lipinski definition) is 0. The number of halogens is 1. The van der Waals surface area contributed by atoms with Crippen molar-refractivity contribution in [3.8, 4) is 11.5 Å². The summed E-state index contributed by atoms with van der Waals surface area (Å²) in [7, 11) is 1.64. The third kappa shape index (κ3) is 6.23. The van der Waals surface area contributed by atoms with Crippen LogP contribution in [0, 0.1) is 18.7 Å². The number of likely N-dealkylation sites (tertiary alicyclic amines) is 1. The van der Waals surface area contributed by atoms with Crippen LogP contribution in [0.5, 0.6) is 11.5 Å². The number of aromatic nitrogens is 2. The fraction of sp³-hybridized carbons (Fsp3) is 0.344. The van der Waals surface area contributed by atoms with Crippen LogP contribution < -0.4 is 4.74 Å². The number of ether oxygens (including phenoxy) is 2. The molecule has 1 fully saturated rings. The number of Topliss-reactive ketones (excluding diaryl/α,β-unsaturated/α-hetero) is 1. The van der Waals surface area contributed by atoms with E-state index in [2.05, 4.69) is 0 Å². The molecule has 1 aliphatic heterocycles. The molecule has 1 aromatic heterocycles. The van der Waals surface area contributed by atoms with Gasteiger partial charge in [0.15, 0.2) is 17.3 Å². The fourth-order valence-electron chi connectivity index (χ4n) is 5.27. The third-order valence-corrected chi connectivity index (χ3v) is 7.57. The summed E-state index contributed by atoms with van der Waals surface area (Å²) in [6.45, 7) is 4.69. The van der Waals surface area contributed by atoms with Crippen molar-refractivity contribution < 1.29 is 23.5 Å². The van der Waals surface area contributed by atoms with Crippen LogP contribution in [0.4, 0.5) is 4.39 Å². The molecule has 0 bridgehead atoms. The van der Waals surface area contributed by atoms with Crippen LogP contribution in [0.1, 0.15) is 52.0 Å². The quantitative estimate of drug-likeness (QED) is 0.170. The summed E-state index contributed by atoms with van der Waals surface area (Å²) in [5.74, 6) is 0.718. The Labute approximate surface area is 233 Å². The Hall–Kier alpha value is -4.04. The molecule has 5 rings (SSSR count). The monoisotopic (exact) mass is 543 g/mol. The van der Waals surface area contributed by atoms with E-state index in [0.717, 1.165) is 41.4 Å². The number of hydrogen-bond acceptors (Lipinski definition) is 5. The number of para-hydroxylation sites is 1. The minimum atomic E-state index is -0.433. The Kier molecular flexibility index (Phi) is 8.55. The first-order valence-corrected chi connectivity index (χ1v) is 13.7. The average molecular weight is 544 g/mol. The molecular weight excluding hydrogens is 509 g/mol. The fourth-order valence-corrected chi connectivity index (χ4v) is 5.27. The Balaban J connectivity index is 1.16. The predicted octanol–water partition coefficient (Wildman–Crippen LogP) is 6.44. The van der Waals surface area contributed by atoms with Gasteiger partial charge in [-0.15, -0.1) is 0 Å². The van der Waals surface area contributed by atoms with Gasteiger partial charge in [-0.1, -0.05) is 12.1 Å². The van der Waals surface area contributed by atoms with E-state index in [1.165, 1.54) is 6.07 Å². The van der Waals surface area contributed by atoms with Gasteiger partial charge in [-0.05, 0) is 86.2 Å². The maximum Gasteiger partial charge on any atom is 0.253 e. The van der Waals surface area contributed by atoms with Gasteiger partial charge in [0.05, 0.1) is 5.52 Å². The zero-order chi connectivity index (χ0) is 28.1. The number of benzene rings is 3. The van der Waals surface area contributed by atoms with Crippen LogP contribution in [-0.2, 0) is 11.3 Å². The molecule has 1 saturated heterocycles. The summed E-state index contributed by atoms with van der Waals surface area (Å²) in [6.07, 6.45) is 5.00. The van der Waals surface area contributed by atoms with E-state index in [1.54, 1.807) is 49.6 Å². The van der Waals surface area contributed by atoms with E-state index in [1.807, 2.05) is 34.8 Å². The van der Waals surface area contributed by atoms with Crippen LogP contribution in [0.15, 0.2) is 66.9 Å². The third-order valence-electron chi connectivity index (χ3n) is 7.57. The zero-order valence-electron chi connectivity index (χ0n) is 22.9. The second-order valence-electron chi connectivity index (χ2n) is 10.3. The molecule has 0 unspecified atom stereocenters. The highest BCUT2D eigenvalue weighted by Gasteiger charge is 2.24. The zero-order valence-corrected chi connectivity index (χ0v) is 22.9. The van der Waals surface area contributed by atoms with Crippen molar-refractivity contribution in [1.82, 2.24) is 14.7 Å². The van der Waals surface area contributed by atoms with E-state index in [4.69, 9.17) is 14.6 Å². The molecule has 0 aliphatic carbocycles. The molecule has 7 nitrogen and oxygen atoms in total. The van der Waals surface area contributed by atoms with Gasteiger partial charge >= 0.3 is 0 Å². The van der Waals surface area contributed by atoms with Gasteiger partial charge in [0.2, 0.25) is 0 Å². The van der Waals surface area contributed by atoms with Gasteiger partial charge in [0, 0.05) is 62.5 Å². The van der Waals surface area contributed by atoms with E-state index in [-0.39, 0.29) is 17.4 Å². The summed E-state index contributed by atoms with van der Waals surface area (Å²) < 4.78 is 26.5. The van der Waals surface area contributed by atoms with E-state index in [0.29, 0.717) is 49.8 Å². The molecule has 0 atom stereocenters. The van der Waals surface area contributed by atoms with Crippen molar-refractivity contribution in [1.29, 1.82) is 0 Å². The largest absolute Gasteiger partial charge is 0.454 e. The Morgan fingerprint density at radius 1 is 1.02 bits per heavy atom. The smallest absolute Gasteiger partial charge is 0.253 e. The summed E-state index contributed by atoms with van der Waals surface area (Å²) in [4.78, 5) is 27.6. The van der Waals surface area contributed by atoms with Gasteiger partial charge in [-0.2, -0.15) is 5.10 Å². The molecule has 0 N–H and O–H groups in total. The SMILES string of the molecule is COCCCC(=O)c1ccc2nn(CC3CCN(C(=O)c4ccc(Oc5ccccc5F)cc4)CC3)cc2c1C. The summed E-state index contributed by atoms with van der Waals surface area (Å²) in [6, 6.07) is 16.9. The molecule has 0 radical (unpaired) electrons. The van der Waals surface area contributed by atoms with Crippen molar-refractivity contribution >= 4 is 22.6 Å². The number of amides is 1. The standard InChI is InChI=1S/C32H34FN3O4/c1-22-26(30(37)7-5-19-39-2)13-14-29-27(22)21-36(34-29)20-23-15-17-35(18-16-23)32(38)24-9-11-25(12-10-24)40-31-8-4-3-6-28(31)33/h3-4,6,8-14,21,23H,5,7,15-20H2,1-2H3. The Morgan fingerprint density at radius 3 is 2.50 bits per heavy atom. The highest BCUT2D eigenvalue weighted by molar-refractivity contribution is 6.01. The number of fused-ring (bicyclic) bond motifs is 1. The molecule has 0 saturated carbocycles. The first kappa shape index (κ1) is 27.5. The molecule has 40 heavy (non-hydrogen) atoms. The van der Waals surface area contributed by atoms with Crippen molar-refractivity contribution in [2.45, 2.75) is 39.2 Å². The summed E-state index contributed by atoms with van der Waals surface area (Å²) >= 11 is 0. The van der Waals surface area contributed by atoms with Crippen LogP contribution >= 0.6 is 0 Å². The molecule has 208 valence electrons. The number of rotatable bonds is 10. The Bertz CT molecular complexity index is 1490. The topological polar surface area (TPSA) is 73.7 Å². The second kappa shape index (κ2) is 12.4. The van der Waals surface area contributed by atoms with Gasteiger partial charge in [-0.3, -0.25) is 14.3 Å². The normalized spacial score (nSPS) is 14.0. The predicted molar refractivity (Wildman–Crippen MR) is 151 cm³/mol. The van der Waals surface area contributed by atoms with Crippen LogP contribution in [-0.4, -0.2) is 53.2 Å². The number of carbonyl (C=O) groups excluding carboxylic acids is 2. The molecule has 8 heteroatoms. The number of piperidine rings is 1. The number of nitrogens with zero attached hydrogens (tertiary/aromatic N) is 3. The molecule has 2 heterocycles. The van der Waals surface area contributed by atoms with E-state index in [9.17, 15) is 14.0 Å². The van der Waals surface area contributed by atoms with Gasteiger partial charge in [-0.25, -0.2) is 4.39 Å². The van der Waals surface area contributed by atoms with Crippen molar-refractivity contribution in [3.63, 3.8) is 0 Å². The second-order valence-corrected chi connectivity index (χ2v) is 10.3. The van der Waals surface area contributed by atoms with Crippen molar-refractivity contribution in [2.75, 3.05) is 26.8 Å². The first-order chi connectivity index (χ1) is 19.4. The lowest BCUT2D eigenvalue weighted by Crippen LogP contribution is -2.39. The lowest BCUT2D eigenvalue weighted by molar-refractivity contribution is 0.0681. The maximum atomic E-state index is 13.9. The molecule has 4 aromatic rings. The summed E-state index contributed by atoms with van der Waals surface area (Å²) in [5, 5.41) is 5.77. The minimum absolute atomic E-state index is 0.0148. The van der Waals surface area contributed by atoms with E-state index < -0.39 is 5.82 Å². The first-order valence-electron chi connectivity index (χ1n) is 13.7. The highest BCUT2D eigenvalue weighted by Crippen LogP contribution is 2.27. The maximum absolute atomic E-state index is 13.9. The molecule has 1 aliphatic rings. The number of aryl methyl sites for hydroxylation is 1. The molecule has 0 spiro atoms. The number of ketones is 1. The summed E-state index contributed by atoms with van der Waals surface area (Å²) in [5.41, 5.74) is 3.19. The van der Waals surface area contributed by atoms with Crippen LogP contribution in [0.25, 0.3) is 10.9 Å². The van der Waals surface area contributed by atoms with Crippen LogP contribution in [0.2, 0.25) is 0 Å². The van der Waals surface area contributed by atoms with E-state index >= 15 is 0 Å². The highest BCUT2D eigenvalue weighted by atomic mass is 19.1.